The molecule has 98 valence electrons. The van der Waals surface area contributed by atoms with Gasteiger partial charge in [0.15, 0.2) is 0 Å². The first-order chi connectivity index (χ1) is 9.29. The topological polar surface area (TPSA) is 55.5 Å². The second-order valence-electron chi connectivity index (χ2n) is 4.07. The molecule has 1 aromatic heterocycles. The van der Waals surface area contributed by atoms with Crippen molar-refractivity contribution in [2.45, 2.75) is 20.0 Å². The molecule has 0 saturated carbocycles. The van der Waals surface area contributed by atoms with Crippen LogP contribution in [0.15, 0.2) is 35.2 Å². The molecule has 2 rings (SSSR count). The van der Waals surface area contributed by atoms with Crippen LogP contribution in [-0.2, 0) is 6.61 Å². The second-order valence-corrected chi connectivity index (χ2v) is 4.07. The van der Waals surface area contributed by atoms with Gasteiger partial charge >= 0.3 is 0 Å². The zero-order chi connectivity index (χ0) is 13.5. The van der Waals surface area contributed by atoms with Crippen molar-refractivity contribution in [3.8, 4) is 17.6 Å². The van der Waals surface area contributed by atoms with E-state index in [1.165, 1.54) is 0 Å². The number of nitrogens with zero attached hydrogens (tertiary/aromatic N) is 1. The summed E-state index contributed by atoms with van der Waals surface area (Å²) in [5.74, 6) is 6.71. The van der Waals surface area contributed by atoms with E-state index in [-0.39, 0.29) is 6.61 Å². The van der Waals surface area contributed by atoms with E-state index in [2.05, 4.69) is 17.0 Å². The summed E-state index contributed by atoms with van der Waals surface area (Å²) in [7, 11) is 0. The largest absolute Gasteiger partial charge is 0.489 e. The van der Waals surface area contributed by atoms with Crippen LogP contribution >= 0.6 is 0 Å². The lowest BCUT2D eigenvalue weighted by atomic mass is 10.1. The van der Waals surface area contributed by atoms with Gasteiger partial charge < -0.3 is 14.4 Å². The maximum absolute atomic E-state index is 8.68. The molecular weight excluding hydrogens is 242 g/mol. The summed E-state index contributed by atoms with van der Waals surface area (Å²) in [6.07, 6.45) is 3.67. The van der Waals surface area contributed by atoms with Gasteiger partial charge in [0, 0.05) is 17.5 Å². The van der Waals surface area contributed by atoms with Gasteiger partial charge in [0.2, 0.25) is 0 Å². The molecule has 4 nitrogen and oxygen atoms in total. The molecule has 0 atom stereocenters. The van der Waals surface area contributed by atoms with Crippen molar-refractivity contribution >= 4 is 0 Å². The van der Waals surface area contributed by atoms with Gasteiger partial charge in [-0.2, -0.15) is 0 Å². The molecule has 0 saturated heterocycles. The Morgan fingerprint density at radius 2 is 2.32 bits per heavy atom. The van der Waals surface area contributed by atoms with Gasteiger partial charge in [-0.1, -0.05) is 17.0 Å². The molecule has 0 radical (unpaired) electrons. The van der Waals surface area contributed by atoms with Crippen LogP contribution in [-0.4, -0.2) is 16.9 Å². The van der Waals surface area contributed by atoms with Gasteiger partial charge in [-0.25, -0.2) is 0 Å². The Kier molecular flexibility index (Phi) is 4.60. The van der Waals surface area contributed by atoms with E-state index >= 15 is 0 Å². The zero-order valence-electron chi connectivity index (χ0n) is 10.7. The molecule has 1 N–H and O–H groups in total. The highest BCUT2D eigenvalue weighted by molar-refractivity contribution is 5.44. The summed E-state index contributed by atoms with van der Waals surface area (Å²) in [6.45, 7) is 2.50. The standard InChI is InChI=1S/C15H15NO3/c1-12-8-15(18-10-13-9-16-19-11-13)6-5-14(12)4-2-3-7-17/h5-6,8-9,11,17H,3,7,10H2,1H3. The van der Waals surface area contributed by atoms with Crippen LogP contribution < -0.4 is 4.74 Å². The van der Waals surface area contributed by atoms with Gasteiger partial charge in [0.05, 0.1) is 12.8 Å². The highest BCUT2D eigenvalue weighted by Crippen LogP contribution is 2.17. The van der Waals surface area contributed by atoms with Crippen LogP contribution in [0.5, 0.6) is 5.75 Å². The lowest BCUT2D eigenvalue weighted by Crippen LogP contribution is -1.94. The molecule has 4 heteroatoms. The summed E-state index contributed by atoms with van der Waals surface area (Å²) < 4.78 is 10.4. The molecule has 0 aliphatic carbocycles. The normalized spacial score (nSPS) is 9.79. The highest BCUT2D eigenvalue weighted by atomic mass is 16.5. The molecule has 0 bridgehead atoms. The van der Waals surface area contributed by atoms with Gasteiger partial charge in [-0.3, -0.25) is 0 Å². The minimum absolute atomic E-state index is 0.0893. The SMILES string of the molecule is Cc1cc(OCc2cnoc2)ccc1C#CCCO. The predicted octanol–water partition coefficient (Wildman–Crippen LogP) is 2.30. The van der Waals surface area contributed by atoms with Gasteiger partial charge in [0.1, 0.15) is 18.6 Å². The number of aromatic nitrogens is 1. The van der Waals surface area contributed by atoms with Crippen molar-refractivity contribution in [1.29, 1.82) is 0 Å². The molecule has 0 unspecified atom stereocenters. The smallest absolute Gasteiger partial charge is 0.130 e. The number of aryl methyl sites for hydroxylation is 1. The average Bonchev–Trinajstić information content (AvgIpc) is 2.92. The first-order valence-electron chi connectivity index (χ1n) is 6.01. The van der Waals surface area contributed by atoms with E-state index in [0.29, 0.717) is 13.0 Å². The minimum Gasteiger partial charge on any atom is -0.489 e. The molecule has 19 heavy (non-hydrogen) atoms. The summed E-state index contributed by atoms with van der Waals surface area (Å²) in [4.78, 5) is 0. The predicted molar refractivity (Wildman–Crippen MR) is 70.6 cm³/mol. The van der Waals surface area contributed by atoms with Crippen molar-refractivity contribution in [3.05, 3.63) is 47.3 Å². The maximum Gasteiger partial charge on any atom is 0.130 e. The fourth-order valence-electron chi connectivity index (χ4n) is 1.54. The number of hydrogen-bond acceptors (Lipinski definition) is 4. The molecule has 0 amide bonds. The molecule has 0 aliphatic rings. The second kappa shape index (κ2) is 6.62. The van der Waals surface area contributed by atoms with E-state index in [1.807, 2.05) is 25.1 Å². The minimum atomic E-state index is 0.0893. The molecule has 0 spiro atoms. The summed E-state index contributed by atoms with van der Waals surface area (Å²) >= 11 is 0. The first-order valence-corrected chi connectivity index (χ1v) is 6.01. The van der Waals surface area contributed by atoms with E-state index < -0.39 is 0 Å². The van der Waals surface area contributed by atoms with E-state index in [1.54, 1.807) is 12.5 Å². The number of aliphatic hydroxyl groups is 1. The highest BCUT2D eigenvalue weighted by Gasteiger charge is 2.01. The van der Waals surface area contributed by atoms with Crippen LogP contribution in [0.25, 0.3) is 0 Å². The van der Waals surface area contributed by atoms with Gasteiger partial charge in [-0.15, -0.1) is 0 Å². The van der Waals surface area contributed by atoms with Crippen molar-refractivity contribution in [1.82, 2.24) is 5.16 Å². The quantitative estimate of drug-likeness (QED) is 0.854. The fraction of sp³-hybridized carbons (Fsp3) is 0.267. The Labute approximate surface area is 112 Å². The van der Waals surface area contributed by atoms with Crippen molar-refractivity contribution in [3.63, 3.8) is 0 Å². The van der Waals surface area contributed by atoms with Crippen molar-refractivity contribution in [2.75, 3.05) is 6.61 Å². The number of benzene rings is 1. The lowest BCUT2D eigenvalue weighted by Gasteiger charge is -2.06. The third-order valence-electron chi connectivity index (χ3n) is 2.55. The van der Waals surface area contributed by atoms with Crippen LogP contribution in [0.4, 0.5) is 0 Å². The van der Waals surface area contributed by atoms with E-state index in [4.69, 9.17) is 14.4 Å². The van der Waals surface area contributed by atoms with E-state index in [9.17, 15) is 0 Å². The van der Waals surface area contributed by atoms with Crippen LogP contribution in [0.1, 0.15) is 23.1 Å². The molecule has 1 aromatic carbocycles. The molecule has 0 fully saturated rings. The van der Waals surface area contributed by atoms with Crippen LogP contribution in [0.3, 0.4) is 0 Å². The summed E-state index contributed by atoms with van der Waals surface area (Å²) in [5.41, 5.74) is 2.89. The monoisotopic (exact) mass is 257 g/mol. The van der Waals surface area contributed by atoms with Crippen molar-refractivity contribution in [2.24, 2.45) is 0 Å². The Balaban J connectivity index is 2.00. The Hall–Kier alpha value is -2.25. The molecule has 1 heterocycles. The molecule has 2 aromatic rings. The average molecular weight is 257 g/mol. The maximum atomic E-state index is 8.68. The van der Waals surface area contributed by atoms with E-state index in [0.717, 1.165) is 22.4 Å². The number of hydrogen-bond donors (Lipinski definition) is 1. The molecular formula is C15H15NO3. The third kappa shape index (κ3) is 3.87. The van der Waals surface area contributed by atoms with Gasteiger partial charge in [-0.05, 0) is 30.7 Å². The Morgan fingerprint density at radius 3 is 3.00 bits per heavy atom. The Bertz CT molecular complexity index is 579. The zero-order valence-corrected chi connectivity index (χ0v) is 10.7. The van der Waals surface area contributed by atoms with Crippen molar-refractivity contribution < 1.29 is 14.4 Å². The number of rotatable bonds is 4. The van der Waals surface area contributed by atoms with Crippen LogP contribution in [0.2, 0.25) is 0 Å². The number of ether oxygens (including phenoxy) is 1. The van der Waals surface area contributed by atoms with Crippen LogP contribution in [0, 0.1) is 18.8 Å². The van der Waals surface area contributed by atoms with Gasteiger partial charge in [0.25, 0.3) is 0 Å². The Morgan fingerprint density at radius 1 is 1.42 bits per heavy atom. The fourth-order valence-corrected chi connectivity index (χ4v) is 1.54. The first kappa shape index (κ1) is 13.2. The summed E-state index contributed by atoms with van der Waals surface area (Å²) in [5, 5.41) is 12.3. The molecule has 0 aliphatic heterocycles. The number of aliphatic hydroxyl groups excluding tert-OH is 1. The third-order valence-corrected chi connectivity index (χ3v) is 2.55. The lowest BCUT2D eigenvalue weighted by molar-refractivity contribution is 0.304. The summed E-state index contributed by atoms with van der Waals surface area (Å²) in [6, 6.07) is 5.74.